The first-order chi connectivity index (χ1) is 20.0. The molecule has 0 spiro atoms. The van der Waals surface area contributed by atoms with Gasteiger partial charge in [-0.05, 0) is 50.3 Å². The molecule has 0 bridgehead atoms. The van der Waals surface area contributed by atoms with E-state index < -0.39 is 47.8 Å². The molecule has 3 aromatic rings. The molecule has 4 rings (SSSR count). The first-order valence-electron chi connectivity index (χ1n) is 14.4. The molecule has 0 fully saturated rings. The third kappa shape index (κ3) is 8.50. The number of benzene rings is 3. The fraction of sp³-hybridized carbons (Fsp3) is 0.382. The summed E-state index contributed by atoms with van der Waals surface area (Å²) in [5.41, 5.74) is 2.39. The van der Waals surface area contributed by atoms with Crippen molar-refractivity contribution >= 4 is 17.8 Å². The summed E-state index contributed by atoms with van der Waals surface area (Å²) in [5.74, 6) is -1.61. The lowest BCUT2D eigenvalue weighted by Crippen LogP contribution is -2.48. The third-order valence-corrected chi connectivity index (χ3v) is 7.39. The molecule has 0 unspecified atom stereocenters. The summed E-state index contributed by atoms with van der Waals surface area (Å²) in [7, 11) is 0. The monoisotopic (exact) mass is 572 g/mol. The molecule has 4 N–H and O–H groups in total. The van der Waals surface area contributed by atoms with Crippen LogP contribution in [0.3, 0.4) is 0 Å². The van der Waals surface area contributed by atoms with Crippen LogP contribution in [0.25, 0.3) is 0 Å². The van der Waals surface area contributed by atoms with E-state index in [1.54, 1.807) is 51.1 Å². The standard InChI is InChI=1S/C34H40N2O6/c1-34(2,3)42-33(41)35-27(18-22-12-6-4-7-13-22)29(38)21-25(20-28(37)23-14-8-5-9-15-23)32(40)36-31-26-17-11-10-16-24(26)19-30(31)39/h4-17,25,27,29-31,38-39H,18-21H2,1-3H3,(H,35,41)(H,36,40)/t25-,27+,29+,30-,31+/m1/s1. The molecular weight excluding hydrogens is 532 g/mol. The number of ether oxygens (including phenoxy) is 1. The van der Waals surface area contributed by atoms with Gasteiger partial charge in [-0.1, -0.05) is 84.9 Å². The van der Waals surface area contributed by atoms with Crippen LogP contribution in [0, 0.1) is 5.92 Å². The largest absolute Gasteiger partial charge is 0.444 e. The molecule has 0 saturated heterocycles. The van der Waals surface area contributed by atoms with E-state index in [1.807, 2.05) is 54.6 Å². The Morgan fingerprint density at radius 2 is 1.55 bits per heavy atom. The topological polar surface area (TPSA) is 125 Å². The second kappa shape index (κ2) is 13.8. The quantitative estimate of drug-likeness (QED) is 0.250. The van der Waals surface area contributed by atoms with Gasteiger partial charge in [-0.15, -0.1) is 0 Å². The van der Waals surface area contributed by atoms with Crippen LogP contribution in [-0.2, 0) is 22.4 Å². The molecule has 8 heteroatoms. The van der Waals surface area contributed by atoms with Gasteiger partial charge in [-0.2, -0.15) is 0 Å². The zero-order valence-electron chi connectivity index (χ0n) is 24.3. The number of aliphatic hydroxyl groups is 2. The van der Waals surface area contributed by atoms with Gasteiger partial charge in [0.2, 0.25) is 5.91 Å². The van der Waals surface area contributed by atoms with E-state index in [2.05, 4.69) is 10.6 Å². The van der Waals surface area contributed by atoms with Crippen molar-refractivity contribution in [2.45, 2.75) is 76.3 Å². The highest BCUT2D eigenvalue weighted by molar-refractivity contribution is 5.98. The highest BCUT2D eigenvalue weighted by Gasteiger charge is 2.36. The van der Waals surface area contributed by atoms with Gasteiger partial charge in [0.1, 0.15) is 5.60 Å². The summed E-state index contributed by atoms with van der Waals surface area (Å²) in [5, 5.41) is 27.9. The predicted molar refractivity (Wildman–Crippen MR) is 160 cm³/mol. The number of Topliss-reactive ketones (excluding diaryl/α,β-unsaturated/α-hetero) is 1. The number of aliphatic hydroxyl groups excluding tert-OH is 2. The van der Waals surface area contributed by atoms with E-state index in [-0.39, 0.29) is 25.0 Å². The lowest BCUT2D eigenvalue weighted by atomic mass is 9.88. The number of alkyl carbamates (subject to hydrolysis) is 1. The van der Waals surface area contributed by atoms with Crippen molar-refractivity contribution in [1.82, 2.24) is 10.6 Å². The van der Waals surface area contributed by atoms with Crippen molar-refractivity contribution in [3.8, 4) is 0 Å². The van der Waals surface area contributed by atoms with E-state index >= 15 is 0 Å². The smallest absolute Gasteiger partial charge is 0.407 e. The summed E-state index contributed by atoms with van der Waals surface area (Å²) in [4.78, 5) is 39.7. The van der Waals surface area contributed by atoms with Crippen molar-refractivity contribution < 1.29 is 29.3 Å². The Bertz CT molecular complexity index is 1360. The fourth-order valence-corrected chi connectivity index (χ4v) is 5.33. The summed E-state index contributed by atoms with van der Waals surface area (Å²) in [6.07, 6.45) is -2.22. The van der Waals surface area contributed by atoms with Crippen LogP contribution in [-0.4, -0.2) is 51.8 Å². The van der Waals surface area contributed by atoms with E-state index in [0.717, 1.165) is 16.7 Å². The van der Waals surface area contributed by atoms with Crippen molar-refractivity contribution in [3.63, 3.8) is 0 Å². The van der Waals surface area contributed by atoms with Crippen LogP contribution in [0.4, 0.5) is 4.79 Å². The number of hydrogen-bond donors (Lipinski definition) is 4. The molecular formula is C34H40N2O6. The lowest BCUT2D eigenvalue weighted by Gasteiger charge is -2.29. The molecule has 0 saturated carbocycles. The van der Waals surface area contributed by atoms with Gasteiger partial charge in [-0.25, -0.2) is 4.79 Å². The Labute approximate surface area is 247 Å². The Morgan fingerprint density at radius 1 is 0.929 bits per heavy atom. The Morgan fingerprint density at radius 3 is 2.21 bits per heavy atom. The second-order valence-electron chi connectivity index (χ2n) is 11.9. The van der Waals surface area contributed by atoms with Crippen LogP contribution < -0.4 is 10.6 Å². The number of hydrogen-bond acceptors (Lipinski definition) is 6. The minimum Gasteiger partial charge on any atom is -0.444 e. The maximum Gasteiger partial charge on any atom is 0.407 e. The average Bonchev–Trinajstić information content (AvgIpc) is 3.26. The lowest BCUT2D eigenvalue weighted by molar-refractivity contribution is -0.127. The Balaban J connectivity index is 1.56. The highest BCUT2D eigenvalue weighted by Crippen LogP contribution is 2.32. The van der Waals surface area contributed by atoms with E-state index in [4.69, 9.17) is 4.74 Å². The first-order valence-corrected chi connectivity index (χ1v) is 14.4. The maximum absolute atomic E-state index is 13.8. The van der Waals surface area contributed by atoms with Gasteiger partial charge in [0.15, 0.2) is 5.78 Å². The molecule has 2 amide bonds. The number of nitrogens with one attached hydrogen (secondary N) is 2. The number of rotatable bonds is 11. The molecule has 0 radical (unpaired) electrons. The second-order valence-corrected chi connectivity index (χ2v) is 11.9. The first kappa shape index (κ1) is 30.9. The van der Waals surface area contributed by atoms with Crippen molar-refractivity contribution in [1.29, 1.82) is 0 Å². The summed E-state index contributed by atoms with van der Waals surface area (Å²) in [6.45, 7) is 5.25. The molecule has 1 aliphatic rings. The van der Waals surface area contributed by atoms with Gasteiger partial charge in [-0.3, -0.25) is 9.59 Å². The predicted octanol–water partition coefficient (Wildman–Crippen LogP) is 4.54. The minimum atomic E-state index is -1.18. The Kier molecular flexibility index (Phi) is 10.1. The molecule has 0 aromatic heterocycles. The molecule has 5 atom stereocenters. The average molecular weight is 573 g/mol. The summed E-state index contributed by atoms with van der Waals surface area (Å²) in [6, 6.07) is 24.2. The number of carbonyl (C=O) groups is 3. The van der Waals surface area contributed by atoms with Gasteiger partial charge in [0.05, 0.1) is 24.3 Å². The van der Waals surface area contributed by atoms with Gasteiger partial charge in [0, 0.05) is 24.3 Å². The van der Waals surface area contributed by atoms with Crippen molar-refractivity contribution in [2.75, 3.05) is 0 Å². The SMILES string of the molecule is CC(C)(C)OC(=O)N[C@@H](Cc1ccccc1)[C@@H](O)C[C@@H](CC(=O)c1ccccc1)C(=O)N[C@H]1c2ccccc2C[C@H]1O. The van der Waals surface area contributed by atoms with Crippen molar-refractivity contribution in [2.24, 2.45) is 5.92 Å². The molecule has 1 aliphatic carbocycles. The zero-order chi connectivity index (χ0) is 30.3. The minimum absolute atomic E-state index is 0.0951. The zero-order valence-corrected chi connectivity index (χ0v) is 24.3. The Hall–Kier alpha value is -4.01. The normalized spacial score (nSPS) is 18.3. The van der Waals surface area contributed by atoms with Crippen LogP contribution >= 0.6 is 0 Å². The molecule has 42 heavy (non-hydrogen) atoms. The van der Waals surface area contributed by atoms with Crippen LogP contribution in [0.1, 0.15) is 66.7 Å². The van der Waals surface area contributed by atoms with Crippen LogP contribution in [0.15, 0.2) is 84.9 Å². The summed E-state index contributed by atoms with van der Waals surface area (Å²) < 4.78 is 5.44. The molecule has 222 valence electrons. The molecule has 0 heterocycles. The van der Waals surface area contributed by atoms with E-state index in [9.17, 15) is 24.6 Å². The number of carbonyl (C=O) groups excluding carboxylic acids is 3. The third-order valence-electron chi connectivity index (χ3n) is 7.39. The van der Waals surface area contributed by atoms with E-state index in [0.29, 0.717) is 12.0 Å². The number of amides is 2. The van der Waals surface area contributed by atoms with E-state index in [1.165, 1.54) is 0 Å². The highest BCUT2D eigenvalue weighted by atomic mass is 16.6. The van der Waals surface area contributed by atoms with Crippen molar-refractivity contribution in [3.05, 3.63) is 107 Å². The van der Waals surface area contributed by atoms with Crippen LogP contribution in [0.5, 0.6) is 0 Å². The van der Waals surface area contributed by atoms with Crippen LogP contribution in [0.2, 0.25) is 0 Å². The molecule has 8 nitrogen and oxygen atoms in total. The number of fused-ring (bicyclic) bond motifs is 1. The molecule has 3 aromatic carbocycles. The van der Waals surface area contributed by atoms with Gasteiger partial charge >= 0.3 is 6.09 Å². The van der Waals surface area contributed by atoms with Gasteiger partial charge < -0.3 is 25.6 Å². The number of ketones is 1. The van der Waals surface area contributed by atoms with Gasteiger partial charge in [0.25, 0.3) is 0 Å². The summed E-state index contributed by atoms with van der Waals surface area (Å²) >= 11 is 0. The molecule has 0 aliphatic heterocycles. The maximum atomic E-state index is 13.8. The fourth-order valence-electron chi connectivity index (χ4n) is 5.33.